The first kappa shape index (κ1) is 42.9. The van der Waals surface area contributed by atoms with Gasteiger partial charge < -0.3 is 29.5 Å². The first-order valence-corrected chi connectivity index (χ1v) is 21.7. The van der Waals surface area contributed by atoms with Crippen LogP contribution < -0.4 is 19.3 Å². The second kappa shape index (κ2) is 19.5. The average Bonchev–Trinajstić information content (AvgIpc) is 3.38. The summed E-state index contributed by atoms with van der Waals surface area (Å²) in [4.78, 5) is 4.34. The van der Waals surface area contributed by atoms with Crippen molar-refractivity contribution >= 4 is 80.0 Å². The molecule has 0 fully saturated rings. The predicted molar refractivity (Wildman–Crippen MR) is 271 cm³/mol. The standard InChI is InChI=1S/C59H47N3O4/c1-65-55-30-26-53(27-31-55)62(54-28-32-56(66-2)33-29-54)50-20-10-42(11-21-50)4-6-44-7-17-47-37-48-35-43(16-34-57(48)59(38-60)58(47)36-44)5-3-41-8-18-49(19-9-41)61(51-22-12-45(39-63)13-23-51)52-24-14-46(40-64)15-25-52/h3-37,63-64H,39-40H2,1-2H3/b5-3+,6-4+. The van der Waals surface area contributed by atoms with Crippen molar-refractivity contribution in [2.24, 2.45) is 0 Å². The minimum atomic E-state index is -0.0163. The first-order chi connectivity index (χ1) is 32.4. The van der Waals surface area contributed by atoms with Gasteiger partial charge in [-0.15, -0.1) is 0 Å². The van der Waals surface area contributed by atoms with Gasteiger partial charge in [-0.05, 0) is 159 Å². The maximum atomic E-state index is 10.5. The highest BCUT2D eigenvalue weighted by Gasteiger charge is 2.15. The van der Waals surface area contributed by atoms with Crippen LogP contribution in [0, 0.1) is 11.3 Å². The molecule has 7 nitrogen and oxygen atoms in total. The number of benzene rings is 9. The minimum Gasteiger partial charge on any atom is -0.497 e. The van der Waals surface area contributed by atoms with E-state index in [9.17, 15) is 15.5 Å². The summed E-state index contributed by atoms with van der Waals surface area (Å²) < 4.78 is 10.8. The number of rotatable bonds is 14. The Balaban J connectivity index is 0.931. The Morgan fingerprint density at radius 1 is 0.409 bits per heavy atom. The van der Waals surface area contributed by atoms with E-state index in [-0.39, 0.29) is 13.2 Å². The summed E-state index contributed by atoms with van der Waals surface area (Å²) in [5, 5.41) is 33.5. The largest absolute Gasteiger partial charge is 0.497 e. The Kier molecular flexibility index (Phi) is 12.7. The van der Waals surface area contributed by atoms with E-state index in [0.29, 0.717) is 5.56 Å². The Bertz CT molecular complexity index is 3110. The van der Waals surface area contributed by atoms with Crippen molar-refractivity contribution in [3.63, 3.8) is 0 Å². The fraction of sp³-hybridized carbons (Fsp3) is 0.0678. The molecule has 7 heteroatoms. The molecule has 66 heavy (non-hydrogen) atoms. The fourth-order valence-electron chi connectivity index (χ4n) is 8.20. The lowest BCUT2D eigenvalue weighted by atomic mass is 9.94. The third-order valence-corrected chi connectivity index (χ3v) is 11.8. The van der Waals surface area contributed by atoms with E-state index in [1.54, 1.807) is 14.2 Å². The van der Waals surface area contributed by atoms with Crippen LogP contribution in [0.3, 0.4) is 0 Å². The summed E-state index contributed by atoms with van der Waals surface area (Å²) in [7, 11) is 3.34. The lowest BCUT2D eigenvalue weighted by molar-refractivity contribution is 0.281. The van der Waals surface area contributed by atoms with Crippen LogP contribution in [0.15, 0.2) is 188 Å². The van der Waals surface area contributed by atoms with Gasteiger partial charge in [-0.25, -0.2) is 0 Å². The molecule has 0 atom stereocenters. The van der Waals surface area contributed by atoms with Crippen molar-refractivity contribution in [2.45, 2.75) is 13.2 Å². The highest BCUT2D eigenvalue weighted by molar-refractivity contribution is 6.05. The molecule has 9 aromatic carbocycles. The van der Waals surface area contributed by atoms with Crippen molar-refractivity contribution in [1.82, 2.24) is 0 Å². The number of nitriles is 1. The van der Waals surface area contributed by atoms with Gasteiger partial charge in [0.15, 0.2) is 0 Å². The molecule has 0 unspecified atom stereocenters. The highest BCUT2D eigenvalue weighted by atomic mass is 16.5. The molecule has 9 aromatic rings. The molecule has 0 saturated heterocycles. The number of methoxy groups -OCH3 is 2. The number of anilines is 6. The third kappa shape index (κ3) is 9.28. The third-order valence-electron chi connectivity index (χ3n) is 11.8. The molecule has 0 saturated carbocycles. The molecular weight excluding hydrogens is 815 g/mol. The van der Waals surface area contributed by atoms with E-state index in [4.69, 9.17) is 9.47 Å². The molecule has 0 aliphatic rings. The van der Waals surface area contributed by atoms with Crippen LogP contribution >= 0.6 is 0 Å². The Hall–Kier alpha value is -8.41. The molecule has 0 heterocycles. The quantitative estimate of drug-likeness (QED) is 0.0831. The molecule has 0 aliphatic heterocycles. The van der Waals surface area contributed by atoms with Gasteiger partial charge in [-0.1, -0.05) is 97.1 Å². The van der Waals surface area contributed by atoms with Crippen molar-refractivity contribution < 1.29 is 19.7 Å². The van der Waals surface area contributed by atoms with E-state index >= 15 is 0 Å². The van der Waals surface area contributed by atoms with Crippen LogP contribution in [0.25, 0.3) is 45.8 Å². The van der Waals surface area contributed by atoms with Crippen molar-refractivity contribution in [1.29, 1.82) is 5.26 Å². The normalized spacial score (nSPS) is 11.3. The van der Waals surface area contributed by atoms with E-state index < -0.39 is 0 Å². The van der Waals surface area contributed by atoms with Gasteiger partial charge >= 0.3 is 0 Å². The van der Waals surface area contributed by atoms with Crippen LogP contribution in [-0.2, 0) is 13.2 Å². The average molecular weight is 862 g/mol. The van der Waals surface area contributed by atoms with Gasteiger partial charge in [0.25, 0.3) is 0 Å². The predicted octanol–water partition coefficient (Wildman–Crippen LogP) is 14.1. The number of fused-ring (bicyclic) bond motifs is 2. The summed E-state index contributed by atoms with van der Waals surface area (Å²) in [6.07, 6.45) is 8.38. The molecule has 0 radical (unpaired) electrons. The summed E-state index contributed by atoms with van der Waals surface area (Å²) in [5.41, 5.74) is 12.4. The van der Waals surface area contributed by atoms with Crippen LogP contribution in [-0.4, -0.2) is 24.4 Å². The number of aliphatic hydroxyl groups is 2. The zero-order valence-electron chi connectivity index (χ0n) is 36.7. The van der Waals surface area contributed by atoms with Gasteiger partial charge in [0.2, 0.25) is 0 Å². The molecule has 0 spiro atoms. The highest BCUT2D eigenvalue weighted by Crippen LogP contribution is 2.38. The number of hydrogen-bond donors (Lipinski definition) is 2. The second-order valence-corrected chi connectivity index (χ2v) is 15.9. The van der Waals surface area contributed by atoms with Crippen LogP contribution in [0.1, 0.15) is 38.9 Å². The summed E-state index contributed by atoms with van der Waals surface area (Å²) >= 11 is 0. The van der Waals surface area contributed by atoms with E-state index in [1.807, 2.05) is 103 Å². The number of nitrogens with zero attached hydrogens (tertiary/aromatic N) is 3. The van der Waals surface area contributed by atoms with Gasteiger partial charge in [0.1, 0.15) is 17.6 Å². The zero-order valence-corrected chi connectivity index (χ0v) is 36.7. The smallest absolute Gasteiger partial charge is 0.119 e. The molecule has 0 aromatic heterocycles. The van der Waals surface area contributed by atoms with Gasteiger partial charge in [0, 0.05) is 44.9 Å². The molecule has 322 valence electrons. The molecule has 2 N–H and O–H groups in total. The van der Waals surface area contributed by atoms with Gasteiger partial charge in [-0.2, -0.15) is 5.26 Å². The van der Waals surface area contributed by atoms with Gasteiger partial charge in [-0.3, -0.25) is 0 Å². The first-order valence-electron chi connectivity index (χ1n) is 21.7. The lowest BCUT2D eigenvalue weighted by Crippen LogP contribution is -2.10. The Morgan fingerprint density at radius 2 is 0.773 bits per heavy atom. The van der Waals surface area contributed by atoms with Crippen molar-refractivity contribution in [3.8, 4) is 17.6 Å². The van der Waals surface area contributed by atoms with Crippen LogP contribution in [0.4, 0.5) is 34.1 Å². The number of ether oxygens (including phenoxy) is 2. The van der Waals surface area contributed by atoms with Crippen molar-refractivity contribution in [2.75, 3.05) is 24.0 Å². The monoisotopic (exact) mass is 861 g/mol. The topological polar surface area (TPSA) is 89.2 Å². The fourth-order valence-corrected chi connectivity index (χ4v) is 8.20. The molecule has 0 bridgehead atoms. The van der Waals surface area contributed by atoms with Crippen LogP contribution in [0.5, 0.6) is 11.5 Å². The zero-order chi connectivity index (χ0) is 45.4. The molecular formula is C59H47N3O4. The summed E-state index contributed by atoms with van der Waals surface area (Å²) in [6, 6.07) is 65.8. The maximum Gasteiger partial charge on any atom is 0.119 e. The Morgan fingerprint density at radius 3 is 1.18 bits per heavy atom. The summed E-state index contributed by atoms with van der Waals surface area (Å²) in [5.74, 6) is 1.60. The summed E-state index contributed by atoms with van der Waals surface area (Å²) in [6.45, 7) is -0.0326. The lowest BCUT2D eigenvalue weighted by Gasteiger charge is -2.26. The SMILES string of the molecule is COc1ccc(N(c2ccc(/C=C/c3ccc4cc5cc(/C=C/c6ccc(N(c7ccc(CO)cc7)c7ccc(CO)cc7)cc6)ccc5c(C#N)c4c3)cc2)c2ccc(OC)cc2)cc1. The molecule has 0 amide bonds. The van der Waals surface area contributed by atoms with E-state index in [1.165, 1.54) is 0 Å². The molecule has 9 rings (SSSR count). The second-order valence-electron chi connectivity index (χ2n) is 15.9. The molecule has 0 aliphatic carbocycles. The van der Waals surface area contributed by atoms with Crippen LogP contribution in [0.2, 0.25) is 0 Å². The number of hydrogen-bond acceptors (Lipinski definition) is 7. The minimum absolute atomic E-state index is 0.0163. The Labute approximate surface area is 385 Å². The van der Waals surface area contributed by atoms with E-state index in [0.717, 1.165) is 101 Å². The van der Waals surface area contributed by atoms with Gasteiger partial charge in [0.05, 0.1) is 33.0 Å². The maximum absolute atomic E-state index is 10.5. The van der Waals surface area contributed by atoms with Crippen molar-refractivity contribution in [3.05, 3.63) is 227 Å². The van der Waals surface area contributed by atoms with E-state index in [2.05, 4.69) is 125 Å². The number of aliphatic hydroxyl groups excluding tert-OH is 2.